The molecule has 0 saturated heterocycles. The zero-order chi connectivity index (χ0) is 11.4. The predicted octanol–water partition coefficient (Wildman–Crippen LogP) is 2.79. The number of carbonyl (C=O) groups excluding carboxylic acids is 2. The molecular weight excluding hydrogens is 248 g/mol. The molecule has 0 aromatic carbocycles. The van der Waals surface area contributed by atoms with E-state index in [2.05, 4.69) is 15.2 Å². The van der Waals surface area contributed by atoms with Crippen LogP contribution in [0.4, 0.5) is 9.59 Å². The highest BCUT2D eigenvalue weighted by atomic mass is 33.1. The van der Waals surface area contributed by atoms with Crippen molar-refractivity contribution in [3.8, 4) is 0 Å². The molecule has 0 radical (unpaired) electrons. The number of urea groups is 2. The third kappa shape index (κ3) is 2.58. The highest BCUT2D eigenvalue weighted by molar-refractivity contribution is 8.76. The first-order valence-corrected chi connectivity index (χ1v) is 6.57. The molecule has 0 N–H and O–H groups in total. The van der Waals surface area contributed by atoms with E-state index in [1.807, 2.05) is 18.2 Å². The highest BCUT2D eigenvalue weighted by Crippen LogP contribution is 2.30. The minimum atomic E-state index is -0.612. The first kappa shape index (κ1) is 11.1. The van der Waals surface area contributed by atoms with Gasteiger partial charge in [0, 0.05) is 6.20 Å². The Labute approximate surface area is 98.9 Å². The van der Waals surface area contributed by atoms with Gasteiger partial charge in [-0.2, -0.15) is 0 Å². The second kappa shape index (κ2) is 5.08. The van der Waals surface area contributed by atoms with Crippen LogP contribution in [0.2, 0.25) is 0 Å². The Hall–Kier alpha value is -1.41. The van der Waals surface area contributed by atoms with Crippen LogP contribution in [0.25, 0.3) is 0 Å². The van der Waals surface area contributed by atoms with Crippen LogP contribution in [0, 0.1) is 0 Å². The molecule has 1 aromatic rings. The predicted molar refractivity (Wildman–Crippen MR) is 60.0 cm³/mol. The van der Waals surface area contributed by atoms with Gasteiger partial charge >= 0.3 is 12.1 Å². The van der Waals surface area contributed by atoms with Crippen LogP contribution in [-0.2, 0) is 0 Å². The van der Waals surface area contributed by atoms with Gasteiger partial charge in [-0.15, -0.1) is 0 Å². The van der Waals surface area contributed by atoms with E-state index in [1.54, 1.807) is 6.20 Å². The van der Waals surface area contributed by atoms with E-state index in [9.17, 15) is 9.59 Å². The van der Waals surface area contributed by atoms with Crippen molar-refractivity contribution in [1.82, 2.24) is 9.88 Å². The molecule has 1 aliphatic rings. The fourth-order valence-corrected chi connectivity index (χ4v) is 2.79. The lowest BCUT2D eigenvalue weighted by atomic mass is 10.5. The van der Waals surface area contributed by atoms with E-state index in [-0.39, 0.29) is 5.88 Å². The summed E-state index contributed by atoms with van der Waals surface area (Å²) in [7, 11) is 2.72. The van der Waals surface area contributed by atoms with Gasteiger partial charge in [-0.3, -0.25) is 0 Å². The van der Waals surface area contributed by atoms with Gasteiger partial charge in [-0.25, -0.2) is 19.5 Å². The van der Waals surface area contributed by atoms with Crippen LogP contribution < -0.4 is 0 Å². The number of carbonyl (C=O) groups is 2. The molecule has 8 heteroatoms. The summed E-state index contributed by atoms with van der Waals surface area (Å²) in [5, 5.41) is 7.12. The first-order chi connectivity index (χ1) is 7.77. The molecule has 6 nitrogen and oxygen atoms in total. The molecule has 0 fully saturated rings. The Morgan fingerprint density at radius 1 is 1.19 bits per heavy atom. The zero-order valence-electron chi connectivity index (χ0n) is 7.94. The normalized spacial score (nSPS) is 14.9. The number of azo groups is 1. The third-order valence-electron chi connectivity index (χ3n) is 1.65. The Bertz CT molecular complexity index is 419. The van der Waals surface area contributed by atoms with Crippen molar-refractivity contribution < 1.29 is 9.59 Å². The quantitative estimate of drug-likeness (QED) is 0.772. The summed E-state index contributed by atoms with van der Waals surface area (Å²) in [6.07, 6.45) is 1.68. The Balaban J connectivity index is 1.81. The standard InChI is InChI=1S/C8H6N4O2S2/c13-7-10-11-8(14)12(7)5-15-16-6-3-1-2-4-9-6/h1-4H,5H2. The summed E-state index contributed by atoms with van der Waals surface area (Å²) in [4.78, 5) is 27.1. The van der Waals surface area contributed by atoms with E-state index in [1.165, 1.54) is 21.6 Å². The Morgan fingerprint density at radius 2 is 1.94 bits per heavy atom. The van der Waals surface area contributed by atoms with E-state index in [0.717, 1.165) is 9.93 Å². The number of nitrogens with zero attached hydrogens (tertiary/aromatic N) is 4. The fourth-order valence-electron chi connectivity index (χ4n) is 0.922. The van der Waals surface area contributed by atoms with Gasteiger partial charge < -0.3 is 0 Å². The maximum absolute atomic E-state index is 11.0. The second-order valence-corrected chi connectivity index (χ2v) is 4.98. The lowest BCUT2D eigenvalue weighted by Crippen LogP contribution is -2.26. The molecule has 0 aliphatic carbocycles. The van der Waals surface area contributed by atoms with Crippen molar-refractivity contribution in [2.75, 3.05) is 5.88 Å². The minimum absolute atomic E-state index is 0.214. The maximum Gasteiger partial charge on any atom is 0.371 e. The number of amides is 4. The second-order valence-electron chi connectivity index (χ2n) is 2.69. The number of pyridine rings is 1. The fraction of sp³-hybridized carbons (Fsp3) is 0.125. The van der Waals surface area contributed by atoms with Gasteiger partial charge in [0.2, 0.25) is 0 Å². The summed E-state index contributed by atoms with van der Waals surface area (Å²) in [6.45, 7) is 0. The maximum atomic E-state index is 11.0. The number of imide groups is 1. The van der Waals surface area contributed by atoms with Crippen molar-refractivity contribution in [1.29, 1.82) is 0 Å². The van der Waals surface area contributed by atoms with E-state index >= 15 is 0 Å². The molecule has 0 unspecified atom stereocenters. The molecule has 1 aromatic heterocycles. The summed E-state index contributed by atoms with van der Waals surface area (Å²) >= 11 is 0. The number of hydrogen-bond donors (Lipinski definition) is 0. The monoisotopic (exact) mass is 254 g/mol. The molecule has 0 saturated carbocycles. The smallest absolute Gasteiger partial charge is 0.249 e. The van der Waals surface area contributed by atoms with Crippen LogP contribution >= 0.6 is 21.6 Å². The molecule has 16 heavy (non-hydrogen) atoms. The average Bonchev–Trinajstić information content (AvgIpc) is 2.62. The van der Waals surface area contributed by atoms with E-state index < -0.39 is 12.1 Å². The lowest BCUT2D eigenvalue weighted by Gasteiger charge is -2.08. The van der Waals surface area contributed by atoms with Crippen LogP contribution in [-0.4, -0.2) is 27.8 Å². The van der Waals surface area contributed by atoms with Crippen LogP contribution in [0.5, 0.6) is 0 Å². The van der Waals surface area contributed by atoms with Crippen molar-refractivity contribution in [3.63, 3.8) is 0 Å². The summed E-state index contributed by atoms with van der Waals surface area (Å²) < 4.78 is 0. The Morgan fingerprint density at radius 3 is 2.56 bits per heavy atom. The summed E-state index contributed by atoms with van der Waals surface area (Å²) in [5.41, 5.74) is 0. The lowest BCUT2D eigenvalue weighted by molar-refractivity contribution is 0.212. The van der Waals surface area contributed by atoms with Gasteiger partial charge in [0.05, 0.1) is 5.88 Å². The number of hydrogen-bond acceptors (Lipinski definition) is 5. The molecule has 1 aliphatic heterocycles. The third-order valence-corrected chi connectivity index (χ3v) is 3.72. The van der Waals surface area contributed by atoms with Crippen LogP contribution in [0.15, 0.2) is 39.7 Å². The minimum Gasteiger partial charge on any atom is -0.249 e. The van der Waals surface area contributed by atoms with Crippen LogP contribution in [0.3, 0.4) is 0 Å². The number of rotatable bonds is 4. The molecule has 82 valence electrons. The van der Waals surface area contributed by atoms with Gasteiger partial charge in [0.25, 0.3) is 0 Å². The van der Waals surface area contributed by atoms with E-state index in [0.29, 0.717) is 0 Å². The molecule has 4 amide bonds. The highest BCUT2D eigenvalue weighted by Gasteiger charge is 2.26. The topological polar surface area (TPSA) is 75.0 Å². The van der Waals surface area contributed by atoms with Crippen LogP contribution in [0.1, 0.15) is 0 Å². The van der Waals surface area contributed by atoms with Gasteiger partial charge in [0.15, 0.2) is 0 Å². The van der Waals surface area contributed by atoms with Gasteiger partial charge in [0.1, 0.15) is 5.03 Å². The Kier molecular flexibility index (Phi) is 3.52. The largest absolute Gasteiger partial charge is 0.371 e. The molecule has 0 bridgehead atoms. The molecule has 2 heterocycles. The van der Waals surface area contributed by atoms with Gasteiger partial charge in [-0.1, -0.05) is 27.1 Å². The van der Waals surface area contributed by atoms with Gasteiger partial charge in [-0.05, 0) is 22.9 Å². The molecular formula is C8H6N4O2S2. The average molecular weight is 254 g/mol. The van der Waals surface area contributed by atoms with E-state index in [4.69, 9.17) is 0 Å². The van der Waals surface area contributed by atoms with Crippen molar-refractivity contribution >= 4 is 33.7 Å². The van der Waals surface area contributed by atoms with Crippen molar-refractivity contribution in [2.45, 2.75) is 5.03 Å². The van der Waals surface area contributed by atoms with Crippen molar-refractivity contribution in [2.24, 2.45) is 10.2 Å². The molecule has 0 atom stereocenters. The molecule has 0 spiro atoms. The number of aromatic nitrogens is 1. The van der Waals surface area contributed by atoms with Crippen molar-refractivity contribution in [3.05, 3.63) is 24.4 Å². The zero-order valence-corrected chi connectivity index (χ0v) is 9.57. The summed E-state index contributed by atoms with van der Waals surface area (Å²) in [6, 6.07) is 4.31. The first-order valence-electron chi connectivity index (χ1n) is 4.25. The SMILES string of the molecule is O=C1N=NC(=O)N1CSSc1ccccn1. The molecule has 2 rings (SSSR count). The summed E-state index contributed by atoms with van der Waals surface area (Å²) in [5.74, 6) is 0.214.